The van der Waals surface area contributed by atoms with Crippen molar-refractivity contribution in [2.45, 2.75) is 0 Å². The SMILES string of the molecule is CN(c1ccccc1)c1ccoc1. The summed E-state index contributed by atoms with van der Waals surface area (Å²) >= 11 is 0. The maximum atomic E-state index is 5.02. The van der Waals surface area contributed by atoms with Gasteiger partial charge >= 0.3 is 0 Å². The predicted molar refractivity (Wildman–Crippen MR) is 53.2 cm³/mol. The first kappa shape index (κ1) is 7.92. The lowest BCUT2D eigenvalue weighted by Gasteiger charge is -2.16. The largest absolute Gasteiger partial charge is 0.470 e. The zero-order chi connectivity index (χ0) is 9.10. The summed E-state index contributed by atoms with van der Waals surface area (Å²) in [6, 6.07) is 12.1. The maximum Gasteiger partial charge on any atom is 0.114 e. The molecule has 1 heterocycles. The predicted octanol–water partition coefficient (Wildman–Crippen LogP) is 3.05. The molecular formula is C11H11NO. The number of hydrogen-bond acceptors (Lipinski definition) is 2. The van der Waals surface area contributed by atoms with E-state index in [0.29, 0.717) is 0 Å². The van der Waals surface area contributed by atoms with Gasteiger partial charge in [0.05, 0.1) is 12.0 Å². The topological polar surface area (TPSA) is 16.4 Å². The van der Waals surface area contributed by atoms with Gasteiger partial charge in [-0.1, -0.05) is 18.2 Å². The highest BCUT2D eigenvalue weighted by Gasteiger charge is 2.02. The molecule has 1 aromatic heterocycles. The Morgan fingerprint density at radius 2 is 1.77 bits per heavy atom. The smallest absolute Gasteiger partial charge is 0.114 e. The molecule has 13 heavy (non-hydrogen) atoms. The molecule has 0 saturated heterocycles. The molecule has 0 unspecified atom stereocenters. The van der Waals surface area contributed by atoms with Crippen LogP contribution in [0.25, 0.3) is 0 Å². The summed E-state index contributed by atoms with van der Waals surface area (Å²) < 4.78 is 5.02. The van der Waals surface area contributed by atoms with Crippen molar-refractivity contribution >= 4 is 11.4 Å². The molecule has 0 amide bonds. The fourth-order valence-electron chi connectivity index (χ4n) is 1.25. The molecule has 1 aromatic carbocycles. The van der Waals surface area contributed by atoms with E-state index in [9.17, 15) is 0 Å². The lowest BCUT2D eigenvalue weighted by molar-refractivity contribution is 0.567. The molecule has 0 saturated carbocycles. The minimum atomic E-state index is 1.06. The number of benzene rings is 1. The summed E-state index contributed by atoms with van der Waals surface area (Å²) in [5, 5.41) is 0. The van der Waals surface area contributed by atoms with Gasteiger partial charge in [0.15, 0.2) is 0 Å². The van der Waals surface area contributed by atoms with Crippen LogP contribution >= 0.6 is 0 Å². The zero-order valence-electron chi connectivity index (χ0n) is 7.47. The van der Waals surface area contributed by atoms with Crippen LogP contribution in [0.3, 0.4) is 0 Å². The van der Waals surface area contributed by atoms with Crippen molar-refractivity contribution in [2.24, 2.45) is 0 Å². The number of furan rings is 1. The second-order valence-electron chi connectivity index (χ2n) is 2.88. The van der Waals surface area contributed by atoms with E-state index < -0.39 is 0 Å². The highest BCUT2D eigenvalue weighted by Crippen LogP contribution is 2.22. The Kier molecular flexibility index (Phi) is 2.04. The van der Waals surface area contributed by atoms with Crippen LogP contribution in [0.4, 0.5) is 11.4 Å². The van der Waals surface area contributed by atoms with Gasteiger partial charge in [0.2, 0.25) is 0 Å². The van der Waals surface area contributed by atoms with Crippen LogP contribution in [0.5, 0.6) is 0 Å². The molecular weight excluding hydrogens is 162 g/mol. The first-order chi connectivity index (χ1) is 6.38. The van der Waals surface area contributed by atoms with Gasteiger partial charge in [-0.25, -0.2) is 0 Å². The number of nitrogens with zero attached hydrogens (tertiary/aromatic N) is 1. The minimum Gasteiger partial charge on any atom is -0.470 e. The number of anilines is 2. The first-order valence-electron chi connectivity index (χ1n) is 4.19. The van der Waals surface area contributed by atoms with Gasteiger partial charge in [-0.05, 0) is 12.1 Å². The lowest BCUT2D eigenvalue weighted by atomic mass is 10.3. The van der Waals surface area contributed by atoms with E-state index in [1.807, 2.05) is 31.3 Å². The Morgan fingerprint density at radius 1 is 1.00 bits per heavy atom. The van der Waals surface area contributed by atoms with E-state index in [2.05, 4.69) is 17.0 Å². The molecule has 2 nitrogen and oxygen atoms in total. The average Bonchev–Trinajstić information content (AvgIpc) is 2.71. The van der Waals surface area contributed by atoms with Crippen molar-refractivity contribution in [2.75, 3.05) is 11.9 Å². The van der Waals surface area contributed by atoms with Crippen molar-refractivity contribution < 1.29 is 4.42 Å². The van der Waals surface area contributed by atoms with E-state index >= 15 is 0 Å². The summed E-state index contributed by atoms with van der Waals surface area (Å²) in [6.45, 7) is 0. The fraction of sp³-hybridized carbons (Fsp3) is 0.0909. The van der Waals surface area contributed by atoms with Crippen LogP contribution in [-0.2, 0) is 0 Å². The summed E-state index contributed by atoms with van der Waals surface area (Å²) in [7, 11) is 2.01. The summed E-state index contributed by atoms with van der Waals surface area (Å²) in [4.78, 5) is 2.07. The Balaban J connectivity index is 2.29. The monoisotopic (exact) mass is 173 g/mol. The average molecular weight is 173 g/mol. The normalized spacial score (nSPS) is 9.92. The zero-order valence-corrected chi connectivity index (χ0v) is 7.47. The van der Waals surface area contributed by atoms with Crippen LogP contribution < -0.4 is 4.90 Å². The van der Waals surface area contributed by atoms with Gasteiger partial charge in [-0.2, -0.15) is 0 Å². The van der Waals surface area contributed by atoms with Crippen molar-refractivity contribution in [1.29, 1.82) is 0 Å². The third kappa shape index (κ3) is 1.56. The van der Waals surface area contributed by atoms with Crippen LogP contribution in [0.15, 0.2) is 53.3 Å². The van der Waals surface area contributed by atoms with Crippen LogP contribution in [0, 0.1) is 0 Å². The molecule has 66 valence electrons. The van der Waals surface area contributed by atoms with E-state index in [0.717, 1.165) is 11.4 Å². The Bertz CT molecular complexity index is 353. The highest BCUT2D eigenvalue weighted by atomic mass is 16.3. The van der Waals surface area contributed by atoms with Crippen molar-refractivity contribution in [3.8, 4) is 0 Å². The molecule has 0 N–H and O–H groups in total. The molecule has 0 aliphatic rings. The van der Waals surface area contributed by atoms with Crippen molar-refractivity contribution in [3.05, 3.63) is 48.9 Å². The van der Waals surface area contributed by atoms with E-state index in [4.69, 9.17) is 4.42 Å². The molecule has 0 radical (unpaired) electrons. The Morgan fingerprint density at radius 3 is 2.38 bits per heavy atom. The lowest BCUT2D eigenvalue weighted by Crippen LogP contribution is -2.07. The summed E-state index contributed by atoms with van der Waals surface area (Å²) in [6.07, 6.45) is 3.40. The molecule has 2 heteroatoms. The standard InChI is InChI=1S/C11H11NO/c1-12(11-7-8-13-9-11)10-5-3-2-4-6-10/h2-9H,1H3. The quantitative estimate of drug-likeness (QED) is 0.694. The summed E-state index contributed by atoms with van der Waals surface area (Å²) in [5.41, 5.74) is 2.22. The van der Waals surface area contributed by atoms with E-state index in [1.54, 1.807) is 12.5 Å². The van der Waals surface area contributed by atoms with Crippen molar-refractivity contribution in [3.63, 3.8) is 0 Å². The van der Waals surface area contributed by atoms with Crippen LogP contribution in [0.2, 0.25) is 0 Å². The van der Waals surface area contributed by atoms with Gasteiger partial charge < -0.3 is 9.32 Å². The highest BCUT2D eigenvalue weighted by molar-refractivity contribution is 5.60. The minimum absolute atomic E-state index is 1.06. The molecule has 0 aliphatic heterocycles. The first-order valence-corrected chi connectivity index (χ1v) is 4.19. The molecule has 0 spiro atoms. The number of rotatable bonds is 2. The van der Waals surface area contributed by atoms with E-state index in [-0.39, 0.29) is 0 Å². The third-order valence-corrected chi connectivity index (χ3v) is 2.04. The van der Waals surface area contributed by atoms with Crippen molar-refractivity contribution in [1.82, 2.24) is 0 Å². The number of para-hydroxylation sites is 1. The Hall–Kier alpha value is -1.70. The fourth-order valence-corrected chi connectivity index (χ4v) is 1.25. The van der Waals surface area contributed by atoms with Gasteiger partial charge in [0, 0.05) is 18.8 Å². The van der Waals surface area contributed by atoms with Crippen LogP contribution in [0.1, 0.15) is 0 Å². The second kappa shape index (κ2) is 3.35. The van der Waals surface area contributed by atoms with Crippen LogP contribution in [-0.4, -0.2) is 7.05 Å². The van der Waals surface area contributed by atoms with Gasteiger partial charge in [-0.3, -0.25) is 0 Å². The molecule has 2 rings (SSSR count). The van der Waals surface area contributed by atoms with Gasteiger partial charge in [-0.15, -0.1) is 0 Å². The molecule has 0 aliphatic carbocycles. The molecule has 0 atom stereocenters. The van der Waals surface area contributed by atoms with E-state index in [1.165, 1.54) is 0 Å². The van der Waals surface area contributed by atoms with Gasteiger partial charge in [0.1, 0.15) is 6.26 Å². The molecule has 2 aromatic rings. The molecule has 0 fully saturated rings. The number of hydrogen-bond donors (Lipinski definition) is 0. The third-order valence-electron chi connectivity index (χ3n) is 2.04. The Labute approximate surface area is 77.4 Å². The second-order valence-corrected chi connectivity index (χ2v) is 2.88. The molecule has 0 bridgehead atoms. The van der Waals surface area contributed by atoms with Gasteiger partial charge in [0.25, 0.3) is 0 Å². The summed E-state index contributed by atoms with van der Waals surface area (Å²) in [5.74, 6) is 0. The maximum absolute atomic E-state index is 5.02.